The van der Waals surface area contributed by atoms with Crippen LogP contribution in [0.1, 0.15) is 117 Å². The van der Waals surface area contributed by atoms with Gasteiger partial charge in [0.25, 0.3) is 0 Å². The highest BCUT2D eigenvalue weighted by Crippen LogP contribution is 2.13. The highest BCUT2D eigenvalue weighted by molar-refractivity contribution is 5.98. The fourth-order valence-electron chi connectivity index (χ4n) is 7.90. The summed E-state index contributed by atoms with van der Waals surface area (Å²) in [6, 6.07) is -11.9. The molecule has 0 unspecified atom stereocenters. The molecule has 0 radical (unpaired) electrons. The summed E-state index contributed by atoms with van der Waals surface area (Å²) >= 11 is 0. The zero-order valence-corrected chi connectivity index (χ0v) is 45.7. The molecule has 22 N–H and O–H groups in total. The van der Waals surface area contributed by atoms with Crippen LogP contribution in [-0.2, 0) is 60.8 Å². The minimum absolute atomic E-state index is 0.000710. The monoisotopic (exact) mass is 1120 g/mol. The Morgan fingerprint density at radius 2 is 0.975 bits per heavy atom. The molecule has 9 atom stereocenters. The Morgan fingerprint density at radius 3 is 1.42 bits per heavy atom. The molecule has 30 nitrogen and oxygen atoms in total. The SMILES string of the molecule is CC(C)C[C@H](NC(=O)[C@H](CCCCN)NC(=O)[C@H](Cc1cnc[nH]1)NC(=O)[C@H](CCCCN)NC(=O)[C@H](CCCN=C(N)N)NC(=O)[C@H](C)NC(=O)[C@@H](N)Cc1cnc[nH]1)C(=O)N[C@@H](CCC(=O)O)C(=O)N[C@H](C(=O)O)C(C)C. The smallest absolute Gasteiger partial charge is 0.326 e. The number of carbonyl (C=O) groups is 10. The third kappa shape index (κ3) is 26.0. The summed E-state index contributed by atoms with van der Waals surface area (Å²) in [5, 5.41) is 39.8. The van der Waals surface area contributed by atoms with E-state index < -0.39 is 132 Å². The van der Waals surface area contributed by atoms with Gasteiger partial charge >= 0.3 is 11.9 Å². The van der Waals surface area contributed by atoms with E-state index >= 15 is 0 Å². The number of nitrogens with zero attached hydrogens (tertiary/aromatic N) is 3. The number of aromatic nitrogens is 4. The molecular weight excluding hydrogens is 1030 g/mol. The van der Waals surface area contributed by atoms with Crippen molar-refractivity contribution in [2.75, 3.05) is 19.6 Å². The number of hydrogen-bond acceptors (Lipinski definition) is 16. The van der Waals surface area contributed by atoms with Crippen molar-refractivity contribution in [2.45, 2.75) is 172 Å². The number of nitrogens with two attached hydrogens (primary N) is 5. The molecule has 2 heterocycles. The van der Waals surface area contributed by atoms with Gasteiger partial charge in [0.15, 0.2) is 5.96 Å². The van der Waals surface area contributed by atoms with E-state index in [1.54, 1.807) is 27.7 Å². The Labute approximate surface area is 458 Å². The molecule has 0 aliphatic heterocycles. The molecule has 0 aliphatic carbocycles. The fourth-order valence-corrected chi connectivity index (χ4v) is 7.90. The lowest BCUT2D eigenvalue weighted by Crippen LogP contribution is -2.60. The van der Waals surface area contributed by atoms with E-state index in [0.29, 0.717) is 37.1 Å². The predicted molar refractivity (Wildman–Crippen MR) is 288 cm³/mol. The summed E-state index contributed by atoms with van der Waals surface area (Å²) in [4.78, 5) is 152. The van der Waals surface area contributed by atoms with Gasteiger partial charge in [-0.25, -0.2) is 14.8 Å². The van der Waals surface area contributed by atoms with Crippen LogP contribution < -0.4 is 71.2 Å². The predicted octanol–water partition coefficient (Wildman–Crippen LogP) is -3.89. The van der Waals surface area contributed by atoms with Crippen molar-refractivity contribution in [1.82, 2.24) is 62.5 Å². The van der Waals surface area contributed by atoms with E-state index in [-0.39, 0.29) is 76.5 Å². The number of aliphatic imine (C=N–C) groups is 1. The molecule has 30 heteroatoms. The number of carboxylic acid groups (broad SMARTS) is 2. The first-order valence-corrected chi connectivity index (χ1v) is 26.4. The molecule has 2 aromatic rings. The lowest BCUT2D eigenvalue weighted by atomic mass is 10.00. The maximum Gasteiger partial charge on any atom is 0.326 e. The molecule has 8 amide bonds. The van der Waals surface area contributed by atoms with Gasteiger partial charge in [0.05, 0.1) is 18.7 Å². The molecule has 0 aliphatic rings. The number of nitrogens with one attached hydrogen (secondary N) is 10. The zero-order chi connectivity index (χ0) is 59.2. The van der Waals surface area contributed by atoms with Crippen LogP contribution in [0.2, 0.25) is 0 Å². The van der Waals surface area contributed by atoms with Crippen molar-refractivity contribution in [1.29, 1.82) is 0 Å². The summed E-state index contributed by atoms with van der Waals surface area (Å²) in [5.74, 6) is -10.2. The third-order valence-electron chi connectivity index (χ3n) is 12.3. The van der Waals surface area contributed by atoms with Crippen LogP contribution >= 0.6 is 0 Å². The largest absolute Gasteiger partial charge is 0.481 e. The van der Waals surface area contributed by atoms with Crippen LogP contribution in [0.3, 0.4) is 0 Å². The van der Waals surface area contributed by atoms with Crippen molar-refractivity contribution < 1.29 is 58.2 Å². The van der Waals surface area contributed by atoms with Gasteiger partial charge in [0.1, 0.15) is 48.3 Å². The Balaban J connectivity index is 2.46. The Bertz CT molecular complexity index is 2290. The van der Waals surface area contributed by atoms with Gasteiger partial charge in [0, 0.05) is 49.6 Å². The summed E-state index contributed by atoms with van der Waals surface area (Å²) in [5.41, 5.74) is 29.6. The van der Waals surface area contributed by atoms with Crippen molar-refractivity contribution in [2.24, 2.45) is 45.5 Å². The minimum atomic E-state index is -1.51. The first-order valence-electron chi connectivity index (χ1n) is 26.4. The Hall–Kier alpha value is -7.73. The molecule has 0 saturated heterocycles. The molecule has 0 aromatic carbocycles. The maximum absolute atomic E-state index is 14.5. The second-order valence-corrected chi connectivity index (χ2v) is 19.9. The normalized spacial score (nSPS) is 14.6. The molecule has 79 heavy (non-hydrogen) atoms. The number of guanidine groups is 1. The van der Waals surface area contributed by atoms with Crippen LogP contribution in [-0.4, -0.2) is 169 Å². The quantitative estimate of drug-likeness (QED) is 0.0173. The van der Waals surface area contributed by atoms with Gasteiger partial charge in [-0.3, -0.25) is 48.1 Å². The van der Waals surface area contributed by atoms with E-state index in [1.165, 1.54) is 32.0 Å². The molecule has 2 rings (SSSR count). The minimum Gasteiger partial charge on any atom is -0.481 e. The highest BCUT2D eigenvalue weighted by atomic mass is 16.4. The molecule has 2 aromatic heterocycles. The number of hydrogen-bond donors (Lipinski definition) is 17. The molecule has 0 spiro atoms. The van der Waals surface area contributed by atoms with Gasteiger partial charge in [-0.15, -0.1) is 0 Å². The summed E-state index contributed by atoms with van der Waals surface area (Å²) in [6.45, 7) is 8.55. The number of carbonyl (C=O) groups excluding carboxylic acids is 8. The van der Waals surface area contributed by atoms with Crippen molar-refractivity contribution in [3.63, 3.8) is 0 Å². The maximum atomic E-state index is 14.5. The fraction of sp³-hybridized carbons (Fsp3) is 0.653. The number of aliphatic carboxylic acids is 2. The Morgan fingerprint density at radius 1 is 0.544 bits per heavy atom. The number of carboxylic acids is 2. The zero-order valence-electron chi connectivity index (χ0n) is 45.7. The lowest BCUT2D eigenvalue weighted by Gasteiger charge is -2.28. The number of unbranched alkanes of at least 4 members (excludes halogenated alkanes) is 2. The van der Waals surface area contributed by atoms with E-state index in [9.17, 15) is 58.2 Å². The third-order valence-corrected chi connectivity index (χ3v) is 12.3. The van der Waals surface area contributed by atoms with E-state index in [4.69, 9.17) is 28.7 Å². The Kier molecular flexibility index (Phi) is 30.4. The van der Waals surface area contributed by atoms with Crippen molar-refractivity contribution in [3.8, 4) is 0 Å². The van der Waals surface area contributed by atoms with E-state index in [1.807, 2.05) is 0 Å². The number of amides is 8. The van der Waals surface area contributed by atoms with Crippen LogP contribution in [0.4, 0.5) is 0 Å². The summed E-state index contributed by atoms with van der Waals surface area (Å²) in [6.07, 6.45) is 6.27. The lowest BCUT2D eigenvalue weighted by molar-refractivity contribution is -0.144. The van der Waals surface area contributed by atoms with Gasteiger partial charge in [-0.2, -0.15) is 0 Å². The van der Waals surface area contributed by atoms with Gasteiger partial charge in [-0.05, 0) is 96.1 Å². The highest BCUT2D eigenvalue weighted by Gasteiger charge is 2.35. The second-order valence-electron chi connectivity index (χ2n) is 19.9. The van der Waals surface area contributed by atoms with Crippen LogP contribution in [0.15, 0.2) is 30.0 Å². The van der Waals surface area contributed by atoms with E-state index in [0.717, 1.165) is 0 Å². The average molecular weight is 1120 g/mol. The first-order chi connectivity index (χ1) is 37.4. The van der Waals surface area contributed by atoms with Crippen molar-refractivity contribution >= 4 is 65.2 Å². The summed E-state index contributed by atoms with van der Waals surface area (Å²) in [7, 11) is 0. The average Bonchev–Trinajstić information content (AvgIpc) is 4.11. The molecule has 0 saturated carbocycles. The van der Waals surface area contributed by atoms with Crippen molar-refractivity contribution in [3.05, 3.63) is 36.4 Å². The first kappa shape index (κ1) is 67.4. The van der Waals surface area contributed by atoms with Gasteiger partial charge < -0.3 is 91.4 Å². The topological polar surface area (TPSA) is 507 Å². The molecule has 0 fully saturated rings. The van der Waals surface area contributed by atoms with Gasteiger partial charge in [0.2, 0.25) is 47.3 Å². The van der Waals surface area contributed by atoms with Crippen LogP contribution in [0.5, 0.6) is 0 Å². The van der Waals surface area contributed by atoms with Crippen LogP contribution in [0, 0.1) is 11.8 Å². The van der Waals surface area contributed by atoms with Crippen LogP contribution in [0.25, 0.3) is 0 Å². The van der Waals surface area contributed by atoms with Gasteiger partial charge in [-0.1, -0.05) is 27.7 Å². The molecule has 442 valence electrons. The number of H-pyrrole nitrogens is 2. The summed E-state index contributed by atoms with van der Waals surface area (Å²) < 4.78 is 0. The second kappa shape index (κ2) is 35.6. The standard InChI is InChI=1S/C49H84N18O12/c1-26(2)19-36(46(76)64-35(14-15-38(68)69)45(75)67-39(27(3)4)48(78)79)65-43(73)33(12-7-9-17-51)63-47(77)37(21-30-23-56-25-59-30)66-44(74)32(11-6-8-16-50)62-42(72)34(13-10-18-57-49(53)54)61-40(70)28(5)60-41(71)31(52)20-29-22-55-24-58-29/h22-28,31-37,39H,6-21,50-52H2,1-5H3,(H,55,58)(H,56,59)(H,60,71)(H,61,70)(H,62,72)(H,63,77)(H,64,76)(H,65,73)(H,66,74)(H,67,75)(H,68,69)(H,78,79)(H4,53,54,57)/t28-,31-,32-,33-,34-,35-,36-,37-,39-/m0/s1. The number of aromatic amines is 2. The number of rotatable bonds is 39. The molecular formula is C49H84N18O12. The molecule has 0 bridgehead atoms. The number of imidazole rings is 2. The van der Waals surface area contributed by atoms with E-state index in [2.05, 4.69) is 67.5 Å².